The lowest BCUT2D eigenvalue weighted by molar-refractivity contribution is -0.165. The highest BCUT2D eigenvalue weighted by molar-refractivity contribution is 5.91. The molecule has 0 radical (unpaired) electrons. The van der Waals surface area contributed by atoms with Crippen molar-refractivity contribution in [3.63, 3.8) is 0 Å². The van der Waals surface area contributed by atoms with Gasteiger partial charge >= 0.3 is 6.18 Å². The molecule has 39 heavy (non-hydrogen) atoms. The van der Waals surface area contributed by atoms with Gasteiger partial charge in [-0.15, -0.1) is 0 Å². The number of nitrogens with one attached hydrogen (secondary N) is 1. The molecule has 9 nitrogen and oxygen atoms in total. The highest BCUT2D eigenvalue weighted by Gasteiger charge is 2.66. The first-order valence-corrected chi connectivity index (χ1v) is 11.8. The summed E-state index contributed by atoms with van der Waals surface area (Å²) in [5, 5.41) is 14.9. The number of benzene rings is 2. The molecule has 13 heteroatoms. The fourth-order valence-electron chi connectivity index (χ4n) is 4.15. The Bertz CT molecular complexity index is 1530. The summed E-state index contributed by atoms with van der Waals surface area (Å²) in [4.78, 5) is 21.3. The van der Waals surface area contributed by atoms with Crippen molar-refractivity contribution in [3.8, 4) is 22.8 Å². The van der Waals surface area contributed by atoms with Crippen LogP contribution < -0.4 is 14.8 Å². The predicted octanol–water partition coefficient (Wildman–Crippen LogP) is 4.58. The molecule has 1 aliphatic carbocycles. The molecule has 2 aromatic heterocycles. The van der Waals surface area contributed by atoms with E-state index in [1.807, 2.05) is 0 Å². The Hall–Kier alpha value is -4.26. The molecule has 5 rings (SSSR count). The Kier molecular flexibility index (Phi) is 6.85. The van der Waals surface area contributed by atoms with Gasteiger partial charge in [0.25, 0.3) is 0 Å². The van der Waals surface area contributed by atoms with Crippen LogP contribution in [0, 0.1) is 5.82 Å². The summed E-state index contributed by atoms with van der Waals surface area (Å²) < 4.78 is 70.3. The summed E-state index contributed by atoms with van der Waals surface area (Å²) >= 11 is 0. The molecular weight excluding hydrogens is 524 g/mol. The number of rotatable bonds is 9. The average molecular weight is 546 g/mol. The molecule has 1 saturated carbocycles. The molecule has 0 spiro atoms. The lowest BCUT2D eigenvalue weighted by Crippen LogP contribution is -2.28. The van der Waals surface area contributed by atoms with E-state index in [-0.39, 0.29) is 49.6 Å². The normalized spacial score (nSPS) is 14.3. The third-order valence-electron chi connectivity index (χ3n) is 6.42. The Balaban J connectivity index is 1.30. The first kappa shape index (κ1) is 26.4. The molecular formula is C26H22F4N4O5. The standard InChI is InChI=1S/C26H22F4N4O5/c1-37-20-10-17-18(11-21(20)38-7-6-35)32-19(13-31-17)15-3-2-14(16(27)8-15)9-24(36)33-23-12-22(39-34-23)25(4-5-25)26(28,29)30/h2-3,8,10-13,35H,4-7,9H2,1H3,(H,33,34,36). The van der Waals surface area contributed by atoms with E-state index in [0.29, 0.717) is 33.8 Å². The zero-order chi connectivity index (χ0) is 27.8. The van der Waals surface area contributed by atoms with Gasteiger partial charge in [-0.25, -0.2) is 9.37 Å². The van der Waals surface area contributed by atoms with Crippen molar-refractivity contribution in [1.29, 1.82) is 0 Å². The zero-order valence-electron chi connectivity index (χ0n) is 20.5. The summed E-state index contributed by atoms with van der Waals surface area (Å²) in [5.74, 6) is -1.10. The number of anilines is 1. The van der Waals surface area contributed by atoms with Crippen molar-refractivity contribution in [2.75, 3.05) is 25.6 Å². The Labute approximate surface area is 218 Å². The van der Waals surface area contributed by atoms with Gasteiger partial charge in [0.2, 0.25) is 5.91 Å². The Morgan fingerprint density at radius 1 is 1.15 bits per heavy atom. The molecule has 2 N–H and O–H groups in total. The van der Waals surface area contributed by atoms with Crippen molar-refractivity contribution >= 4 is 22.8 Å². The minimum atomic E-state index is -4.48. The van der Waals surface area contributed by atoms with Crippen molar-refractivity contribution in [3.05, 3.63) is 59.7 Å². The minimum absolute atomic E-state index is 0.0569. The topological polar surface area (TPSA) is 120 Å². The number of alkyl halides is 3. The van der Waals surface area contributed by atoms with Crippen LogP contribution in [0.5, 0.6) is 11.5 Å². The van der Waals surface area contributed by atoms with Crippen molar-refractivity contribution in [2.45, 2.75) is 30.9 Å². The number of ether oxygens (including phenoxy) is 2. The van der Waals surface area contributed by atoms with Gasteiger partial charge in [0.05, 0.1) is 43.1 Å². The molecule has 0 aliphatic heterocycles. The van der Waals surface area contributed by atoms with E-state index in [4.69, 9.17) is 19.1 Å². The molecule has 1 amide bonds. The number of aromatic nitrogens is 3. The van der Waals surface area contributed by atoms with E-state index in [1.165, 1.54) is 25.4 Å². The summed E-state index contributed by atoms with van der Waals surface area (Å²) in [6.45, 7) is -0.129. The second-order valence-corrected chi connectivity index (χ2v) is 9.01. The molecule has 4 aromatic rings. The van der Waals surface area contributed by atoms with Gasteiger partial charge < -0.3 is 24.4 Å². The lowest BCUT2D eigenvalue weighted by Gasteiger charge is -2.14. The number of carbonyl (C=O) groups excluding carboxylic acids is 1. The molecule has 0 unspecified atom stereocenters. The quantitative estimate of drug-likeness (QED) is 0.293. The van der Waals surface area contributed by atoms with E-state index in [1.54, 1.807) is 18.2 Å². The number of hydrogen-bond donors (Lipinski definition) is 2. The summed E-state index contributed by atoms with van der Waals surface area (Å²) in [7, 11) is 1.47. The summed E-state index contributed by atoms with van der Waals surface area (Å²) in [6, 6.07) is 8.47. The van der Waals surface area contributed by atoms with Gasteiger partial charge in [0.1, 0.15) is 17.8 Å². The SMILES string of the molecule is COc1cc2ncc(-c3ccc(CC(=O)Nc4cc(C5(C(F)(F)F)CC5)on4)c(F)c3)nc2cc1OCCO. The van der Waals surface area contributed by atoms with Gasteiger partial charge in [-0.3, -0.25) is 9.78 Å². The van der Waals surface area contributed by atoms with E-state index in [2.05, 4.69) is 20.4 Å². The number of fused-ring (bicyclic) bond motifs is 1. The molecule has 0 atom stereocenters. The minimum Gasteiger partial charge on any atom is -0.493 e. The van der Waals surface area contributed by atoms with Gasteiger partial charge in [-0.2, -0.15) is 13.2 Å². The van der Waals surface area contributed by atoms with Gasteiger partial charge in [-0.05, 0) is 24.5 Å². The van der Waals surface area contributed by atoms with Crippen molar-refractivity contribution < 1.29 is 41.5 Å². The lowest BCUT2D eigenvalue weighted by atomic mass is 10.0. The molecule has 1 aliphatic rings. The van der Waals surface area contributed by atoms with Crippen LogP contribution in [0.15, 0.2) is 47.1 Å². The van der Waals surface area contributed by atoms with Crippen LogP contribution in [0.1, 0.15) is 24.2 Å². The molecule has 2 aromatic carbocycles. The number of aliphatic hydroxyl groups is 1. The van der Waals surface area contributed by atoms with Crippen molar-refractivity contribution in [1.82, 2.24) is 15.1 Å². The fourth-order valence-corrected chi connectivity index (χ4v) is 4.15. The van der Waals surface area contributed by atoms with E-state index < -0.39 is 23.3 Å². The number of carbonyl (C=O) groups is 1. The van der Waals surface area contributed by atoms with Crippen LogP contribution in [-0.4, -0.2) is 52.6 Å². The third-order valence-corrected chi connectivity index (χ3v) is 6.42. The van der Waals surface area contributed by atoms with Crippen LogP contribution in [-0.2, 0) is 16.6 Å². The number of nitrogens with zero attached hydrogens (tertiary/aromatic N) is 3. The number of aliphatic hydroxyl groups excluding tert-OH is 1. The smallest absolute Gasteiger partial charge is 0.401 e. The van der Waals surface area contributed by atoms with Gasteiger partial charge in [0, 0.05) is 23.8 Å². The molecule has 2 heterocycles. The van der Waals surface area contributed by atoms with Crippen LogP contribution in [0.4, 0.5) is 23.4 Å². The van der Waals surface area contributed by atoms with Gasteiger partial charge in [0.15, 0.2) is 23.1 Å². The largest absolute Gasteiger partial charge is 0.493 e. The monoisotopic (exact) mass is 546 g/mol. The van der Waals surface area contributed by atoms with Gasteiger partial charge in [-0.1, -0.05) is 17.3 Å². The van der Waals surface area contributed by atoms with Crippen LogP contribution >= 0.6 is 0 Å². The maximum atomic E-state index is 14.9. The highest BCUT2D eigenvalue weighted by atomic mass is 19.4. The molecule has 1 fully saturated rings. The predicted molar refractivity (Wildman–Crippen MR) is 130 cm³/mol. The van der Waals surface area contributed by atoms with Crippen LogP contribution in [0.25, 0.3) is 22.3 Å². The second kappa shape index (κ2) is 10.1. The average Bonchev–Trinajstić information content (AvgIpc) is 3.61. The first-order valence-electron chi connectivity index (χ1n) is 11.8. The van der Waals surface area contributed by atoms with E-state index >= 15 is 0 Å². The molecule has 0 bridgehead atoms. The van der Waals surface area contributed by atoms with E-state index in [9.17, 15) is 22.4 Å². The third kappa shape index (κ3) is 5.21. The van der Waals surface area contributed by atoms with Crippen molar-refractivity contribution in [2.24, 2.45) is 0 Å². The summed E-state index contributed by atoms with van der Waals surface area (Å²) in [6.07, 6.45) is -3.60. The van der Waals surface area contributed by atoms with E-state index in [0.717, 1.165) is 6.07 Å². The number of halogens is 4. The Morgan fingerprint density at radius 3 is 2.59 bits per heavy atom. The first-order chi connectivity index (χ1) is 18.6. The number of amides is 1. The molecule has 0 saturated heterocycles. The highest BCUT2D eigenvalue weighted by Crippen LogP contribution is 2.59. The van der Waals surface area contributed by atoms with Crippen LogP contribution in [0.2, 0.25) is 0 Å². The number of hydrogen-bond acceptors (Lipinski definition) is 8. The maximum absolute atomic E-state index is 14.9. The zero-order valence-corrected chi connectivity index (χ0v) is 20.5. The van der Waals surface area contributed by atoms with Crippen LogP contribution in [0.3, 0.4) is 0 Å². The summed E-state index contributed by atoms with van der Waals surface area (Å²) in [5.41, 5.74) is -0.258. The fraction of sp³-hybridized carbons (Fsp3) is 0.308. The Morgan fingerprint density at radius 2 is 1.92 bits per heavy atom. The second-order valence-electron chi connectivity index (χ2n) is 9.01. The molecule has 204 valence electrons. The maximum Gasteiger partial charge on any atom is 0.401 e. The number of methoxy groups -OCH3 is 1.